The minimum absolute atomic E-state index is 0.157. The molecule has 0 saturated carbocycles. The Hall–Kier alpha value is -0.280. The van der Waals surface area contributed by atoms with E-state index in [1.54, 1.807) is 25.3 Å². The maximum Gasteiger partial charge on any atom is 0.0842 e. The van der Waals surface area contributed by atoms with Gasteiger partial charge in [-0.2, -0.15) is 0 Å². The molecule has 1 aromatic rings. The zero-order chi connectivity index (χ0) is 12.8. The second-order valence-electron chi connectivity index (χ2n) is 4.07. The highest BCUT2D eigenvalue weighted by Gasteiger charge is 2.19. The van der Waals surface area contributed by atoms with E-state index < -0.39 is 6.10 Å². The highest BCUT2D eigenvalue weighted by Crippen LogP contribution is 2.23. The molecule has 2 unspecified atom stereocenters. The Balaban J connectivity index is 2.72. The minimum Gasteiger partial charge on any atom is -0.390 e. The Bertz CT molecular complexity index is 355. The monoisotopic (exact) mass is 276 g/mol. The lowest BCUT2D eigenvalue weighted by Crippen LogP contribution is -2.29. The summed E-state index contributed by atoms with van der Waals surface area (Å²) in [6.07, 6.45) is 1.54. The highest BCUT2D eigenvalue weighted by atomic mass is 35.5. The van der Waals surface area contributed by atoms with E-state index in [-0.39, 0.29) is 6.10 Å². The van der Waals surface area contributed by atoms with Gasteiger partial charge in [0, 0.05) is 23.6 Å². The van der Waals surface area contributed by atoms with Crippen molar-refractivity contribution < 1.29 is 9.84 Å². The van der Waals surface area contributed by atoms with Crippen LogP contribution in [0.3, 0.4) is 0 Å². The molecule has 0 fully saturated rings. The number of benzene rings is 1. The molecule has 0 saturated heterocycles. The summed E-state index contributed by atoms with van der Waals surface area (Å²) >= 11 is 12.0. The first kappa shape index (κ1) is 14.8. The predicted octanol–water partition coefficient (Wildman–Crippen LogP) is 3.71. The number of halogens is 2. The number of methoxy groups -OCH3 is 1. The summed E-state index contributed by atoms with van der Waals surface area (Å²) in [5, 5.41) is 11.3. The van der Waals surface area contributed by atoms with Crippen molar-refractivity contribution in [3.63, 3.8) is 0 Å². The van der Waals surface area contributed by atoms with Gasteiger partial charge in [-0.15, -0.1) is 0 Å². The summed E-state index contributed by atoms with van der Waals surface area (Å²) in [5.74, 6) is 0. The third kappa shape index (κ3) is 4.47. The van der Waals surface area contributed by atoms with Crippen molar-refractivity contribution in [2.45, 2.75) is 38.4 Å². The van der Waals surface area contributed by atoms with Crippen molar-refractivity contribution in [2.75, 3.05) is 7.11 Å². The van der Waals surface area contributed by atoms with Gasteiger partial charge in [0.25, 0.3) is 0 Å². The van der Waals surface area contributed by atoms with Crippen molar-refractivity contribution in [1.29, 1.82) is 0 Å². The Morgan fingerprint density at radius 1 is 1.35 bits per heavy atom. The fourth-order valence-corrected chi connectivity index (χ4v) is 2.20. The molecule has 4 heteroatoms. The van der Waals surface area contributed by atoms with Gasteiger partial charge in [0.15, 0.2) is 0 Å². The van der Waals surface area contributed by atoms with Crippen LogP contribution in [0.4, 0.5) is 0 Å². The van der Waals surface area contributed by atoms with Gasteiger partial charge in [-0.1, -0.05) is 36.5 Å². The number of aliphatic hydroxyl groups is 1. The largest absolute Gasteiger partial charge is 0.390 e. The maximum atomic E-state index is 10.1. The molecule has 1 N–H and O–H groups in total. The Kier molecular flexibility index (Phi) is 6.28. The second kappa shape index (κ2) is 7.22. The van der Waals surface area contributed by atoms with Crippen molar-refractivity contribution in [3.8, 4) is 0 Å². The summed E-state index contributed by atoms with van der Waals surface area (Å²) in [7, 11) is 1.61. The van der Waals surface area contributed by atoms with Crippen LogP contribution in [0.15, 0.2) is 18.2 Å². The molecule has 1 rings (SSSR count). The molecule has 0 aliphatic heterocycles. The van der Waals surface area contributed by atoms with E-state index in [1.165, 1.54) is 0 Å². The van der Waals surface area contributed by atoms with Crippen LogP contribution in [-0.2, 0) is 11.2 Å². The van der Waals surface area contributed by atoms with Crippen molar-refractivity contribution in [2.24, 2.45) is 0 Å². The van der Waals surface area contributed by atoms with Gasteiger partial charge in [-0.05, 0) is 30.2 Å². The van der Waals surface area contributed by atoms with Crippen molar-refractivity contribution in [3.05, 3.63) is 33.8 Å². The van der Waals surface area contributed by atoms with Gasteiger partial charge in [-0.25, -0.2) is 0 Å². The molecule has 1 aromatic carbocycles. The topological polar surface area (TPSA) is 29.5 Å². The van der Waals surface area contributed by atoms with Crippen LogP contribution in [0, 0.1) is 0 Å². The molecule has 96 valence electrons. The Morgan fingerprint density at radius 3 is 2.65 bits per heavy atom. The molecule has 0 aliphatic carbocycles. The van der Waals surface area contributed by atoms with Gasteiger partial charge in [0.2, 0.25) is 0 Å². The van der Waals surface area contributed by atoms with Gasteiger partial charge >= 0.3 is 0 Å². The molecule has 0 radical (unpaired) electrons. The van der Waals surface area contributed by atoms with E-state index in [9.17, 15) is 5.11 Å². The van der Waals surface area contributed by atoms with Gasteiger partial charge < -0.3 is 9.84 Å². The summed E-state index contributed by atoms with van der Waals surface area (Å²) in [5.41, 5.74) is 0.852. The third-order valence-electron chi connectivity index (χ3n) is 2.74. The smallest absolute Gasteiger partial charge is 0.0842 e. The van der Waals surface area contributed by atoms with Crippen molar-refractivity contribution >= 4 is 23.2 Å². The van der Waals surface area contributed by atoms with E-state index in [2.05, 4.69) is 6.92 Å². The van der Waals surface area contributed by atoms with Crippen LogP contribution >= 0.6 is 23.2 Å². The van der Waals surface area contributed by atoms with Crippen molar-refractivity contribution in [1.82, 2.24) is 0 Å². The Morgan fingerprint density at radius 2 is 2.06 bits per heavy atom. The third-order valence-corrected chi connectivity index (χ3v) is 3.35. The molecule has 0 bridgehead atoms. The summed E-state index contributed by atoms with van der Waals surface area (Å²) in [6, 6.07) is 5.26. The fourth-order valence-electron chi connectivity index (χ4n) is 1.81. The average molecular weight is 277 g/mol. The summed E-state index contributed by atoms with van der Waals surface area (Å²) in [4.78, 5) is 0. The lowest BCUT2D eigenvalue weighted by molar-refractivity contribution is -0.0159. The molecule has 0 aromatic heterocycles. The van der Waals surface area contributed by atoms with E-state index >= 15 is 0 Å². The minimum atomic E-state index is -0.559. The normalized spacial score (nSPS) is 14.6. The first-order chi connectivity index (χ1) is 8.08. The average Bonchev–Trinajstić information content (AvgIpc) is 2.30. The zero-order valence-corrected chi connectivity index (χ0v) is 11.6. The summed E-state index contributed by atoms with van der Waals surface area (Å²) in [6.45, 7) is 2.06. The van der Waals surface area contributed by atoms with E-state index in [1.807, 2.05) is 0 Å². The molecular weight excluding hydrogens is 259 g/mol. The quantitative estimate of drug-likeness (QED) is 0.858. The van der Waals surface area contributed by atoms with Gasteiger partial charge in [-0.3, -0.25) is 0 Å². The van der Waals surface area contributed by atoms with Crippen LogP contribution in [0.5, 0.6) is 0 Å². The van der Waals surface area contributed by atoms with Gasteiger partial charge in [0.1, 0.15) is 0 Å². The lowest BCUT2D eigenvalue weighted by atomic mass is 10.0. The second-order valence-corrected chi connectivity index (χ2v) is 4.91. The first-order valence-corrected chi connectivity index (χ1v) is 6.48. The van der Waals surface area contributed by atoms with Crippen LogP contribution in [0.1, 0.15) is 25.3 Å². The molecule has 0 amide bonds. The SMILES string of the molecule is CCCC(OC)C(O)Cc1cc(Cl)ccc1Cl. The number of rotatable bonds is 6. The van der Waals surface area contributed by atoms with E-state index in [4.69, 9.17) is 27.9 Å². The first-order valence-electron chi connectivity index (χ1n) is 5.73. The lowest BCUT2D eigenvalue weighted by Gasteiger charge is -2.21. The Labute approximate surface area is 113 Å². The van der Waals surface area contributed by atoms with Crippen LogP contribution in [0.2, 0.25) is 10.0 Å². The molecular formula is C13H18Cl2O2. The number of hydrogen-bond donors (Lipinski definition) is 1. The van der Waals surface area contributed by atoms with Gasteiger partial charge in [0.05, 0.1) is 12.2 Å². The molecule has 0 aliphatic rings. The molecule has 0 spiro atoms. The summed E-state index contributed by atoms with van der Waals surface area (Å²) < 4.78 is 5.27. The zero-order valence-electron chi connectivity index (χ0n) is 10.1. The number of ether oxygens (including phenoxy) is 1. The highest BCUT2D eigenvalue weighted by molar-refractivity contribution is 6.33. The molecule has 2 atom stereocenters. The molecule has 17 heavy (non-hydrogen) atoms. The molecule has 2 nitrogen and oxygen atoms in total. The van der Waals surface area contributed by atoms with Crippen LogP contribution < -0.4 is 0 Å². The predicted molar refractivity (Wildman–Crippen MR) is 71.9 cm³/mol. The van der Waals surface area contributed by atoms with Crippen LogP contribution in [-0.4, -0.2) is 24.4 Å². The van der Waals surface area contributed by atoms with E-state index in [0.717, 1.165) is 18.4 Å². The molecule has 0 heterocycles. The van der Waals surface area contributed by atoms with Crippen LogP contribution in [0.25, 0.3) is 0 Å². The number of aliphatic hydroxyl groups excluding tert-OH is 1. The standard InChI is InChI=1S/C13H18Cl2O2/c1-3-4-13(17-2)12(16)8-9-7-10(14)5-6-11(9)15/h5-7,12-13,16H,3-4,8H2,1-2H3. The maximum absolute atomic E-state index is 10.1. The number of hydrogen-bond acceptors (Lipinski definition) is 2. The fraction of sp³-hybridized carbons (Fsp3) is 0.538. The van der Waals surface area contributed by atoms with E-state index in [0.29, 0.717) is 16.5 Å².